The van der Waals surface area contributed by atoms with Gasteiger partial charge in [0.05, 0.1) is 12.8 Å². The van der Waals surface area contributed by atoms with Gasteiger partial charge in [-0.05, 0) is 55.2 Å². The molecule has 2 aromatic rings. The van der Waals surface area contributed by atoms with Crippen LogP contribution in [0, 0.1) is 5.82 Å². The van der Waals surface area contributed by atoms with E-state index >= 15 is 0 Å². The average Bonchev–Trinajstić information content (AvgIpc) is 2.79. The lowest BCUT2D eigenvalue weighted by Gasteiger charge is -2.15. The molecule has 2 N–H and O–H groups in total. The van der Waals surface area contributed by atoms with Crippen molar-refractivity contribution in [3.63, 3.8) is 0 Å². The average molecular weight is 314 g/mol. The van der Waals surface area contributed by atoms with Gasteiger partial charge in [0.25, 0.3) is 5.91 Å². The first kappa shape index (κ1) is 15.3. The van der Waals surface area contributed by atoms with E-state index in [-0.39, 0.29) is 11.7 Å². The van der Waals surface area contributed by atoms with Crippen LogP contribution in [0.25, 0.3) is 0 Å². The molecule has 0 unspecified atom stereocenters. The van der Waals surface area contributed by atoms with E-state index in [0.717, 1.165) is 37.1 Å². The van der Waals surface area contributed by atoms with Crippen molar-refractivity contribution < 1.29 is 13.9 Å². The van der Waals surface area contributed by atoms with E-state index in [1.54, 1.807) is 7.11 Å². The predicted octanol–water partition coefficient (Wildman–Crippen LogP) is 3.83. The standard InChI is InChI=1S/C18H19FN2O2/c1-23-17-11-15-13(4-2-3-9-20-15)10-16(17)21-18(22)12-5-7-14(19)8-6-12/h5-8,10-11,20H,2-4,9H2,1H3,(H,21,22). The zero-order valence-electron chi connectivity index (χ0n) is 13.0. The minimum absolute atomic E-state index is 0.287. The van der Waals surface area contributed by atoms with E-state index in [1.165, 1.54) is 24.3 Å². The first-order valence-electron chi connectivity index (χ1n) is 7.69. The third-order valence-corrected chi connectivity index (χ3v) is 3.97. The van der Waals surface area contributed by atoms with E-state index < -0.39 is 0 Å². The lowest BCUT2D eigenvalue weighted by atomic mass is 10.1. The fraction of sp³-hybridized carbons (Fsp3) is 0.278. The quantitative estimate of drug-likeness (QED) is 0.905. The molecule has 0 atom stereocenters. The van der Waals surface area contributed by atoms with Gasteiger partial charge < -0.3 is 15.4 Å². The number of fused-ring (bicyclic) bond motifs is 1. The minimum atomic E-state index is -0.366. The first-order valence-corrected chi connectivity index (χ1v) is 7.69. The molecule has 0 saturated carbocycles. The normalized spacial score (nSPS) is 13.5. The summed E-state index contributed by atoms with van der Waals surface area (Å²) in [4.78, 5) is 12.3. The third-order valence-electron chi connectivity index (χ3n) is 3.97. The fourth-order valence-corrected chi connectivity index (χ4v) is 2.72. The Morgan fingerprint density at radius 2 is 2.00 bits per heavy atom. The highest BCUT2D eigenvalue weighted by Crippen LogP contribution is 2.34. The van der Waals surface area contributed by atoms with Crippen LogP contribution in [0.4, 0.5) is 15.8 Å². The van der Waals surface area contributed by atoms with Crippen molar-refractivity contribution in [2.45, 2.75) is 19.3 Å². The number of ether oxygens (including phenoxy) is 1. The Morgan fingerprint density at radius 1 is 1.22 bits per heavy atom. The Labute approximate surface area is 134 Å². The molecule has 4 nitrogen and oxygen atoms in total. The second-order valence-corrected chi connectivity index (χ2v) is 5.55. The molecule has 1 amide bonds. The lowest BCUT2D eigenvalue weighted by molar-refractivity contribution is 0.102. The van der Waals surface area contributed by atoms with Gasteiger partial charge in [-0.3, -0.25) is 4.79 Å². The van der Waals surface area contributed by atoms with E-state index in [9.17, 15) is 9.18 Å². The SMILES string of the molecule is COc1cc2c(cc1NC(=O)c1ccc(F)cc1)CCCCN2. The summed E-state index contributed by atoms with van der Waals surface area (Å²) in [6, 6.07) is 9.33. The van der Waals surface area contributed by atoms with Crippen LogP contribution >= 0.6 is 0 Å². The number of hydrogen-bond acceptors (Lipinski definition) is 3. The summed E-state index contributed by atoms with van der Waals surface area (Å²) < 4.78 is 18.4. The summed E-state index contributed by atoms with van der Waals surface area (Å²) in [6.07, 6.45) is 3.19. The second kappa shape index (κ2) is 6.69. The Morgan fingerprint density at radius 3 is 2.74 bits per heavy atom. The molecule has 0 aliphatic carbocycles. The molecule has 1 heterocycles. The summed E-state index contributed by atoms with van der Waals surface area (Å²) >= 11 is 0. The van der Waals surface area contributed by atoms with Crippen molar-refractivity contribution in [2.24, 2.45) is 0 Å². The van der Waals surface area contributed by atoms with Gasteiger partial charge in [-0.1, -0.05) is 0 Å². The molecule has 0 bridgehead atoms. The first-order chi connectivity index (χ1) is 11.2. The van der Waals surface area contributed by atoms with Crippen molar-refractivity contribution in [1.82, 2.24) is 0 Å². The summed E-state index contributed by atoms with van der Waals surface area (Å²) in [6.45, 7) is 0.942. The summed E-state index contributed by atoms with van der Waals surface area (Å²) in [7, 11) is 1.58. The van der Waals surface area contributed by atoms with Crippen LogP contribution < -0.4 is 15.4 Å². The number of methoxy groups -OCH3 is 1. The summed E-state index contributed by atoms with van der Waals surface area (Å²) in [5.74, 6) is -0.0475. The molecule has 1 aliphatic rings. The third kappa shape index (κ3) is 3.44. The highest BCUT2D eigenvalue weighted by atomic mass is 19.1. The number of nitrogens with one attached hydrogen (secondary N) is 2. The van der Waals surface area contributed by atoms with E-state index in [0.29, 0.717) is 17.0 Å². The van der Waals surface area contributed by atoms with Crippen LogP contribution in [0.5, 0.6) is 5.75 Å². The molecule has 0 radical (unpaired) electrons. The molecule has 2 aromatic carbocycles. The maximum Gasteiger partial charge on any atom is 0.255 e. The Balaban J connectivity index is 1.88. The topological polar surface area (TPSA) is 50.4 Å². The van der Waals surface area contributed by atoms with E-state index in [1.807, 2.05) is 12.1 Å². The molecular weight excluding hydrogens is 295 g/mol. The fourth-order valence-electron chi connectivity index (χ4n) is 2.72. The summed E-state index contributed by atoms with van der Waals surface area (Å²) in [5, 5.41) is 6.24. The molecule has 1 aliphatic heterocycles. The molecule has 0 spiro atoms. The Kier molecular flexibility index (Phi) is 4.46. The van der Waals surface area contributed by atoms with Gasteiger partial charge in [-0.25, -0.2) is 4.39 Å². The van der Waals surface area contributed by atoms with Gasteiger partial charge in [-0.15, -0.1) is 0 Å². The van der Waals surface area contributed by atoms with Gasteiger partial charge in [0.2, 0.25) is 0 Å². The van der Waals surface area contributed by atoms with Crippen molar-refractivity contribution in [3.05, 3.63) is 53.3 Å². The Hall–Kier alpha value is -2.56. The maximum atomic E-state index is 13.0. The number of amides is 1. The molecule has 23 heavy (non-hydrogen) atoms. The largest absolute Gasteiger partial charge is 0.494 e. The zero-order chi connectivity index (χ0) is 16.2. The number of halogens is 1. The van der Waals surface area contributed by atoms with Crippen molar-refractivity contribution in [3.8, 4) is 5.75 Å². The van der Waals surface area contributed by atoms with Gasteiger partial charge in [0, 0.05) is 23.9 Å². The highest BCUT2D eigenvalue weighted by molar-refractivity contribution is 6.05. The zero-order valence-corrected chi connectivity index (χ0v) is 13.0. The number of carbonyl (C=O) groups is 1. The van der Waals surface area contributed by atoms with Crippen molar-refractivity contribution in [1.29, 1.82) is 0 Å². The lowest BCUT2D eigenvalue weighted by Crippen LogP contribution is -2.13. The molecule has 0 fully saturated rings. The van der Waals surface area contributed by atoms with Crippen LogP contribution in [0.15, 0.2) is 36.4 Å². The number of benzene rings is 2. The van der Waals surface area contributed by atoms with Crippen LogP contribution in [0.2, 0.25) is 0 Å². The number of carbonyl (C=O) groups excluding carboxylic acids is 1. The number of hydrogen-bond donors (Lipinski definition) is 2. The highest BCUT2D eigenvalue weighted by Gasteiger charge is 2.15. The molecule has 0 aromatic heterocycles. The molecule has 0 saturated heterocycles. The van der Waals surface area contributed by atoms with Crippen LogP contribution in [0.1, 0.15) is 28.8 Å². The van der Waals surface area contributed by atoms with Crippen LogP contribution in [0.3, 0.4) is 0 Å². The number of aryl methyl sites for hydroxylation is 1. The predicted molar refractivity (Wildman–Crippen MR) is 88.8 cm³/mol. The van der Waals surface area contributed by atoms with Gasteiger partial charge >= 0.3 is 0 Å². The van der Waals surface area contributed by atoms with E-state index in [4.69, 9.17) is 4.74 Å². The number of rotatable bonds is 3. The molecule has 120 valence electrons. The maximum absolute atomic E-state index is 13.0. The molecule has 5 heteroatoms. The molecule has 3 rings (SSSR count). The second-order valence-electron chi connectivity index (χ2n) is 5.55. The van der Waals surface area contributed by atoms with Crippen molar-refractivity contribution in [2.75, 3.05) is 24.3 Å². The van der Waals surface area contributed by atoms with Gasteiger partial charge in [-0.2, -0.15) is 0 Å². The minimum Gasteiger partial charge on any atom is -0.494 e. The van der Waals surface area contributed by atoms with Gasteiger partial charge in [0.15, 0.2) is 0 Å². The Bertz CT molecular complexity index is 714. The van der Waals surface area contributed by atoms with Crippen molar-refractivity contribution >= 4 is 17.3 Å². The van der Waals surface area contributed by atoms with Gasteiger partial charge in [0.1, 0.15) is 11.6 Å². The van der Waals surface area contributed by atoms with Crippen LogP contribution in [-0.4, -0.2) is 19.6 Å². The summed E-state index contributed by atoms with van der Waals surface area (Å²) in [5.41, 5.74) is 3.25. The molecular formula is C18H19FN2O2. The van der Waals surface area contributed by atoms with E-state index in [2.05, 4.69) is 10.6 Å². The number of anilines is 2. The monoisotopic (exact) mass is 314 g/mol. The van der Waals surface area contributed by atoms with Crippen LogP contribution in [-0.2, 0) is 6.42 Å². The smallest absolute Gasteiger partial charge is 0.255 e.